The number of anilines is 1. The van der Waals surface area contributed by atoms with E-state index < -0.39 is 0 Å². The first-order chi connectivity index (χ1) is 9.56. The first kappa shape index (κ1) is 14.7. The standard InChI is InChI=1S/C14H20N4OS/c1-9(2)12-17-14(20-18-12)16-8-11-6-5-7-15-13(11)19-10(3)4/h5-7,9-10H,8H2,1-4H3,(H,16,17,18). The first-order valence-electron chi connectivity index (χ1n) is 6.74. The summed E-state index contributed by atoms with van der Waals surface area (Å²) in [5, 5.41) is 4.10. The minimum Gasteiger partial charge on any atom is -0.475 e. The lowest BCUT2D eigenvalue weighted by Crippen LogP contribution is -2.10. The van der Waals surface area contributed by atoms with Crippen molar-refractivity contribution in [2.45, 2.75) is 46.3 Å². The van der Waals surface area contributed by atoms with Gasteiger partial charge in [-0.1, -0.05) is 19.9 Å². The molecule has 1 N–H and O–H groups in total. The van der Waals surface area contributed by atoms with Crippen molar-refractivity contribution in [2.75, 3.05) is 5.32 Å². The zero-order valence-corrected chi connectivity index (χ0v) is 13.1. The number of nitrogens with zero attached hydrogens (tertiary/aromatic N) is 3. The van der Waals surface area contributed by atoms with Crippen molar-refractivity contribution in [3.8, 4) is 5.88 Å². The van der Waals surface area contributed by atoms with Gasteiger partial charge in [0.15, 0.2) is 0 Å². The summed E-state index contributed by atoms with van der Waals surface area (Å²) in [6, 6.07) is 3.91. The van der Waals surface area contributed by atoms with Crippen LogP contribution in [0.5, 0.6) is 5.88 Å². The summed E-state index contributed by atoms with van der Waals surface area (Å²) in [6.45, 7) is 8.78. The molecule has 0 spiro atoms. The number of hydrogen-bond acceptors (Lipinski definition) is 6. The number of nitrogens with one attached hydrogen (secondary N) is 1. The summed E-state index contributed by atoms with van der Waals surface area (Å²) >= 11 is 1.38. The molecule has 2 aromatic heterocycles. The van der Waals surface area contributed by atoms with Gasteiger partial charge in [-0.15, -0.1) is 0 Å². The second kappa shape index (κ2) is 6.65. The van der Waals surface area contributed by atoms with Gasteiger partial charge in [-0.05, 0) is 19.9 Å². The summed E-state index contributed by atoms with van der Waals surface area (Å²) < 4.78 is 10.0. The highest BCUT2D eigenvalue weighted by Gasteiger charge is 2.10. The number of pyridine rings is 1. The van der Waals surface area contributed by atoms with Gasteiger partial charge < -0.3 is 10.1 Å². The Labute approximate surface area is 123 Å². The molecule has 2 rings (SSSR count). The second-order valence-electron chi connectivity index (χ2n) is 5.10. The summed E-state index contributed by atoms with van der Waals surface area (Å²) in [4.78, 5) is 8.72. The zero-order valence-electron chi connectivity index (χ0n) is 12.3. The van der Waals surface area contributed by atoms with E-state index in [9.17, 15) is 0 Å². The molecule has 20 heavy (non-hydrogen) atoms. The fraction of sp³-hybridized carbons (Fsp3) is 0.500. The van der Waals surface area contributed by atoms with Gasteiger partial charge in [0.2, 0.25) is 11.0 Å². The van der Waals surface area contributed by atoms with Gasteiger partial charge in [0.05, 0.1) is 6.10 Å². The lowest BCUT2D eigenvalue weighted by atomic mass is 10.2. The van der Waals surface area contributed by atoms with E-state index in [0.717, 1.165) is 16.5 Å². The number of aromatic nitrogens is 3. The van der Waals surface area contributed by atoms with Crippen LogP contribution in [0.1, 0.15) is 45.0 Å². The number of hydrogen-bond donors (Lipinski definition) is 1. The summed E-state index contributed by atoms with van der Waals surface area (Å²) in [6.07, 6.45) is 1.85. The third-order valence-electron chi connectivity index (χ3n) is 2.59. The van der Waals surface area contributed by atoms with E-state index in [4.69, 9.17) is 4.74 Å². The Kier molecular flexibility index (Phi) is 4.89. The van der Waals surface area contributed by atoms with Crippen LogP contribution in [0.25, 0.3) is 0 Å². The predicted molar refractivity (Wildman–Crippen MR) is 81.3 cm³/mol. The third-order valence-corrected chi connectivity index (χ3v) is 3.27. The largest absolute Gasteiger partial charge is 0.475 e. The summed E-state index contributed by atoms with van der Waals surface area (Å²) in [5.41, 5.74) is 1.02. The molecule has 6 heteroatoms. The number of ether oxygens (including phenoxy) is 1. The molecular formula is C14H20N4OS. The average Bonchev–Trinajstić information content (AvgIpc) is 2.86. The van der Waals surface area contributed by atoms with Crippen molar-refractivity contribution in [3.05, 3.63) is 29.7 Å². The second-order valence-corrected chi connectivity index (χ2v) is 5.85. The fourth-order valence-corrected chi connectivity index (χ4v) is 2.30. The van der Waals surface area contributed by atoms with Crippen molar-refractivity contribution in [2.24, 2.45) is 0 Å². The molecule has 0 aliphatic carbocycles. The quantitative estimate of drug-likeness (QED) is 0.883. The van der Waals surface area contributed by atoms with E-state index in [2.05, 4.69) is 33.5 Å². The van der Waals surface area contributed by atoms with Gasteiger partial charge in [-0.25, -0.2) is 9.97 Å². The molecule has 2 heterocycles. The van der Waals surface area contributed by atoms with Crippen LogP contribution < -0.4 is 10.1 Å². The van der Waals surface area contributed by atoms with Crippen LogP contribution in [0.4, 0.5) is 5.13 Å². The van der Waals surface area contributed by atoms with Gasteiger partial charge in [0.25, 0.3) is 0 Å². The Hall–Kier alpha value is -1.69. The van der Waals surface area contributed by atoms with Crippen LogP contribution in [-0.4, -0.2) is 20.4 Å². The van der Waals surface area contributed by atoms with Crippen molar-refractivity contribution in [1.29, 1.82) is 0 Å². The minimum atomic E-state index is 0.109. The SMILES string of the molecule is CC(C)Oc1ncccc1CNc1nc(C(C)C)ns1. The lowest BCUT2D eigenvalue weighted by molar-refractivity contribution is 0.230. The normalized spacial score (nSPS) is 11.1. The third kappa shape index (κ3) is 3.90. The number of rotatable bonds is 6. The smallest absolute Gasteiger partial charge is 0.218 e. The van der Waals surface area contributed by atoms with Crippen molar-refractivity contribution >= 4 is 16.7 Å². The average molecular weight is 292 g/mol. The molecule has 0 unspecified atom stereocenters. The van der Waals surface area contributed by atoms with E-state index in [0.29, 0.717) is 18.3 Å². The minimum absolute atomic E-state index is 0.109. The molecule has 0 saturated carbocycles. The summed E-state index contributed by atoms with van der Waals surface area (Å²) in [5.74, 6) is 1.89. The topological polar surface area (TPSA) is 59.9 Å². The van der Waals surface area contributed by atoms with Crippen LogP contribution in [0.3, 0.4) is 0 Å². The lowest BCUT2D eigenvalue weighted by Gasteiger charge is -2.12. The van der Waals surface area contributed by atoms with Gasteiger partial charge in [-0.2, -0.15) is 4.37 Å². The molecule has 0 saturated heterocycles. The van der Waals surface area contributed by atoms with E-state index >= 15 is 0 Å². The molecule has 0 atom stereocenters. The van der Waals surface area contributed by atoms with E-state index in [1.807, 2.05) is 26.0 Å². The molecule has 108 valence electrons. The van der Waals surface area contributed by atoms with E-state index in [-0.39, 0.29) is 6.10 Å². The maximum Gasteiger partial charge on any atom is 0.218 e. The molecule has 0 aromatic carbocycles. The van der Waals surface area contributed by atoms with Crippen LogP contribution >= 0.6 is 11.5 Å². The van der Waals surface area contributed by atoms with Gasteiger partial charge in [0.1, 0.15) is 5.82 Å². The van der Waals surface area contributed by atoms with Crippen molar-refractivity contribution < 1.29 is 4.74 Å². The molecule has 2 aromatic rings. The van der Waals surface area contributed by atoms with Gasteiger partial charge >= 0.3 is 0 Å². The molecule has 0 aliphatic rings. The Morgan fingerprint density at radius 2 is 2.10 bits per heavy atom. The zero-order chi connectivity index (χ0) is 14.5. The molecule has 0 amide bonds. The van der Waals surface area contributed by atoms with Gasteiger partial charge in [-0.3, -0.25) is 0 Å². The Bertz CT molecular complexity index is 554. The monoisotopic (exact) mass is 292 g/mol. The van der Waals surface area contributed by atoms with E-state index in [1.54, 1.807) is 6.20 Å². The molecule has 0 aliphatic heterocycles. The predicted octanol–water partition coefficient (Wildman–Crippen LogP) is 3.46. The Morgan fingerprint density at radius 3 is 2.75 bits per heavy atom. The maximum absolute atomic E-state index is 5.69. The van der Waals surface area contributed by atoms with Crippen LogP contribution in [0.2, 0.25) is 0 Å². The molecular weight excluding hydrogens is 272 g/mol. The highest BCUT2D eigenvalue weighted by molar-refractivity contribution is 7.09. The Balaban J connectivity index is 2.02. The maximum atomic E-state index is 5.69. The van der Waals surface area contributed by atoms with Crippen LogP contribution in [0, 0.1) is 0 Å². The van der Waals surface area contributed by atoms with Gasteiger partial charge in [0, 0.05) is 35.8 Å². The van der Waals surface area contributed by atoms with E-state index in [1.165, 1.54) is 11.5 Å². The van der Waals surface area contributed by atoms with Crippen molar-refractivity contribution in [3.63, 3.8) is 0 Å². The molecule has 0 radical (unpaired) electrons. The first-order valence-corrected chi connectivity index (χ1v) is 7.51. The van der Waals surface area contributed by atoms with Crippen molar-refractivity contribution in [1.82, 2.24) is 14.3 Å². The Morgan fingerprint density at radius 1 is 1.30 bits per heavy atom. The summed E-state index contributed by atoms with van der Waals surface area (Å²) in [7, 11) is 0. The molecule has 5 nitrogen and oxygen atoms in total. The highest BCUT2D eigenvalue weighted by atomic mass is 32.1. The molecule has 0 bridgehead atoms. The van der Waals surface area contributed by atoms with Crippen LogP contribution in [-0.2, 0) is 6.54 Å². The highest BCUT2D eigenvalue weighted by Crippen LogP contribution is 2.20. The van der Waals surface area contributed by atoms with Crippen LogP contribution in [0.15, 0.2) is 18.3 Å². The molecule has 0 fully saturated rings. The fourth-order valence-electron chi connectivity index (χ4n) is 1.60.